The number of aromatic nitrogens is 2. The minimum absolute atomic E-state index is 0.173. The zero-order valence-corrected chi connectivity index (χ0v) is 11.4. The zero-order valence-electron chi connectivity index (χ0n) is 11.4. The molecule has 0 aliphatic rings. The van der Waals surface area contributed by atoms with E-state index in [1.54, 1.807) is 0 Å². The maximum absolute atomic E-state index is 9.85. The Morgan fingerprint density at radius 2 is 2.18 bits per heavy atom. The summed E-state index contributed by atoms with van der Waals surface area (Å²) in [4.78, 5) is 4.11. The topological polar surface area (TPSA) is 50.1 Å². The molecule has 1 aromatic heterocycles. The van der Waals surface area contributed by atoms with Crippen LogP contribution in [0.15, 0.2) is 12.5 Å². The van der Waals surface area contributed by atoms with Crippen molar-refractivity contribution < 1.29 is 5.11 Å². The van der Waals surface area contributed by atoms with Crippen molar-refractivity contribution in [2.75, 3.05) is 6.54 Å². The van der Waals surface area contributed by atoms with Gasteiger partial charge in [-0.3, -0.25) is 0 Å². The summed E-state index contributed by atoms with van der Waals surface area (Å²) < 4.78 is 2.10. The molecule has 0 aliphatic carbocycles. The van der Waals surface area contributed by atoms with Gasteiger partial charge in [-0.05, 0) is 18.8 Å². The van der Waals surface area contributed by atoms with E-state index in [1.807, 2.05) is 12.5 Å². The number of imidazole rings is 1. The van der Waals surface area contributed by atoms with Gasteiger partial charge in [-0.25, -0.2) is 4.98 Å². The predicted molar refractivity (Wildman–Crippen MR) is 69.7 cm³/mol. The molecule has 4 heteroatoms. The quantitative estimate of drug-likeness (QED) is 0.795. The van der Waals surface area contributed by atoms with E-state index >= 15 is 0 Å². The van der Waals surface area contributed by atoms with E-state index in [1.165, 1.54) is 0 Å². The number of aliphatic hydroxyl groups excluding tert-OH is 1. The predicted octanol–water partition coefficient (Wildman–Crippen LogP) is 1.79. The van der Waals surface area contributed by atoms with Crippen LogP contribution in [-0.4, -0.2) is 27.3 Å². The third-order valence-corrected chi connectivity index (χ3v) is 2.67. The van der Waals surface area contributed by atoms with E-state index in [9.17, 15) is 5.11 Å². The standard InChI is InChI=1S/C13H25N3O/c1-5-16-10-15-8-11(16)7-14-9-12(17)6-13(2,3)4/h8,10,12,14,17H,5-7,9H2,1-4H3. The fourth-order valence-electron chi connectivity index (χ4n) is 1.93. The summed E-state index contributed by atoms with van der Waals surface area (Å²) in [6, 6.07) is 0. The number of nitrogens with zero attached hydrogens (tertiary/aromatic N) is 2. The molecule has 1 heterocycles. The second-order valence-electron chi connectivity index (χ2n) is 5.72. The van der Waals surface area contributed by atoms with Crippen LogP contribution in [0.1, 0.15) is 39.8 Å². The van der Waals surface area contributed by atoms with E-state index in [4.69, 9.17) is 0 Å². The SMILES string of the molecule is CCn1cncc1CNCC(O)CC(C)(C)C. The Kier molecular flexibility index (Phi) is 5.15. The van der Waals surface area contributed by atoms with Gasteiger partial charge in [-0.15, -0.1) is 0 Å². The Balaban J connectivity index is 2.28. The van der Waals surface area contributed by atoms with Crippen LogP contribution >= 0.6 is 0 Å². The lowest BCUT2D eigenvalue weighted by molar-refractivity contribution is 0.119. The molecule has 1 unspecified atom stereocenters. The molecule has 1 atom stereocenters. The van der Waals surface area contributed by atoms with Crippen LogP contribution in [0, 0.1) is 5.41 Å². The molecular weight excluding hydrogens is 214 g/mol. The van der Waals surface area contributed by atoms with Crippen molar-refractivity contribution >= 4 is 0 Å². The zero-order chi connectivity index (χ0) is 12.9. The molecule has 2 N–H and O–H groups in total. The average Bonchev–Trinajstić information content (AvgIpc) is 2.62. The van der Waals surface area contributed by atoms with Crippen LogP contribution in [0.2, 0.25) is 0 Å². The van der Waals surface area contributed by atoms with E-state index < -0.39 is 0 Å². The highest BCUT2D eigenvalue weighted by Crippen LogP contribution is 2.20. The van der Waals surface area contributed by atoms with Crippen molar-refractivity contribution in [2.45, 2.75) is 53.3 Å². The molecule has 0 bridgehead atoms. The number of hydrogen-bond acceptors (Lipinski definition) is 3. The van der Waals surface area contributed by atoms with Crippen molar-refractivity contribution in [2.24, 2.45) is 5.41 Å². The maximum atomic E-state index is 9.85. The van der Waals surface area contributed by atoms with Crippen molar-refractivity contribution in [1.29, 1.82) is 0 Å². The molecule has 0 amide bonds. The second kappa shape index (κ2) is 6.17. The largest absolute Gasteiger partial charge is 0.392 e. The fourth-order valence-corrected chi connectivity index (χ4v) is 1.93. The minimum Gasteiger partial charge on any atom is -0.392 e. The molecule has 1 aromatic rings. The van der Waals surface area contributed by atoms with Crippen LogP contribution in [-0.2, 0) is 13.1 Å². The highest BCUT2D eigenvalue weighted by Gasteiger charge is 2.16. The first-order valence-corrected chi connectivity index (χ1v) is 6.30. The number of rotatable bonds is 6. The van der Waals surface area contributed by atoms with E-state index in [0.29, 0.717) is 6.54 Å². The first-order chi connectivity index (χ1) is 7.92. The minimum atomic E-state index is -0.284. The first kappa shape index (κ1) is 14.2. The lowest BCUT2D eigenvalue weighted by Gasteiger charge is -2.22. The van der Waals surface area contributed by atoms with Gasteiger partial charge in [0.15, 0.2) is 0 Å². The highest BCUT2D eigenvalue weighted by atomic mass is 16.3. The van der Waals surface area contributed by atoms with Gasteiger partial charge in [0.05, 0.1) is 18.1 Å². The summed E-state index contributed by atoms with van der Waals surface area (Å²) >= 11 is 0. The van der Waals surface area contributed by atoms with Crippen LogP contribution in [0.4, 0.5) is 0 Å². The highest BCUT2D eigenvalue weighted by molar-refractivity contribution is 4.97. The molecule has 0 aliphatic heterocycles. The van der Waals surface area contributed by atoms with Gasteiger partial charge in [0.2, 0.25) is 0 Å². The van der Waals surface area contributed by atoms with Crippen molar-refractivity contribution in [3.05, 3.63) is 18.2 Å². The number of aryl methyl sites for hydroxylation is 1. The first-order valence-electron chi connectivity index (χ1n) is 6.30. The van der Waals surface area contributed by atoms with Gasteiger partial charge < -0.3 is 15.0 Å². The molecule has 0 spiro atoms. The van der Waals surface area contributed by atoms with Gasteiger partial charge in [0, 0.05) is 25.8 Å². The van der Waals surface area contributed by atoms with Gasteiger partial charge in [-0.2, -0.15) is 0 Å². The molecule has 0 saturated carbocycles. The Bertz CT molecular complexity index is 328. The second-order valence-corrected chi connectivity index (χ2v) is 5.72. The molecule has 0 saturated heterocycles. The Labute approximate surface area is 104 Å². The Hall–Kier alpha value is -0.870. The molecule has 0 fully saturated rings. The summed E-state index contributed by atoms with van der Waals surface area (Å²) in [5.41, 5.74) is 1.34. The summed E-state index contributed by atoms with van der Waals surface area (Å²) in [6.07, 6.45) is 4.23. The number of hydrogen-bond donors (Lipinski definition) is 2. The van der Waals surface area contributed by atoms with E-state index in [0.717, 1.165) is 25.2 Å². The lowest BCUT2D eigenvalue weighted by Crippen LogP contribution is -2.30. The van der Waals surface area contributed by atoms with Gasteiger partial charge >= 0.3 is 0 Å². The summed E-state index contributed by atoms with van der Waals surface area (Å²) in [5.74, 6) is 0. The third-order valence-electron chi connectivity index (χ3n) is 2.67. The lowest BCUT2D eigenvalue weighted by atomic mass is 9.89. The molecule has 0 radical (unpaired) electrons. The van der Waals surface area contributed by atoms with Crippen LogP contribution in [0.3, 0.4) is 0 Å². The molecule has 1 rings (SSSR count). The molecule has 4 nitrogen and oxygen atoms in total. The van der Waals surface area contributed by atoms with Crippen molar-refractivity contribution in [3.63, 3.8) is 0 Å². The third kappa shape index (κ3) is 5.33. The smallest absolute Gasteiger partial charge is 0.0948 e. The molecule has 0 aromatic carbocycles. The Morgan fingerprint density at radius 3 is 2.76 bits per heavy atom. The molecule has 17 heavy (non-hydrogen) atoms. The van der Waals surface area contributed by atoms with Gasteiger partial charge in [-0.1, -0.05) is 20.8 Å². The molecule has 98 valence electrons. The summed E-state index contributed by atoms with van der Waals surface area (Å²) in [7, 11) is 0. The normalized spacial score (nSPS) is 13.9. The number of nitrogens with one attached hydrogen (secondary N) is 1. The van der Waals surface area contributed by atoms with Gasteiger partial charge in [0.1, 0.15) is 0 Å². The maximum Gasteiger partial charge on any atom is 0.0948 e. The van der Waals surface area contributed by atoms with Crippen molar-refractivity contribution in [1.82, 2.24) is 14.9 Å². The summed E-state index contributed by atoms with van der Waals surface area (Å²) in [5, 5.41) is 13.1. The van der Waals surface area contributed by atoms with Crippen LogP contribution < -0.4 is 5.32 Å². The number of aliphatic hydroxyl groups is 1. The monoisotopic (exact) mass is 239 g/mol. The Morgan fingerprint density at radius 1 is 1.47 bits per heavy atom. The van der Waals surface area contributed by atoms with E-state index in [-0.39, 0.29) is 11.5 Å². The van der Waals surface area contributed by atoms with Crippen LogP contribution in [0.25, 0.3) is 0 Å². The van der Waals surface area contributed by atoms with E-state index in [2.05, 4.69) is 42.6 Å². The fraction of sp³-hybridized carbons (Fsp3) is 0.769. The average molecular weight is 239 g/mol. The summed E-state index contributed by atoms with van der Waals surface area (Å²) in [6.45, 7) is 10.8. The molecular formula is C13H25N3O. The van der Waals surface area contributed by atoms with Crippen molar-refractivity contribution in [3.8, 4) is 0 Å². The van der Waals surface area contributed by atoms with Gasteiger partial charge in [0.25, 0.3) is 0 Å². The van der Waals surface area contributed by atoms with Crippen LogP contribution in [0.5, 0.6) is 0 Å².